The van der Waals surface area contributed by atoms with Crippen LogP contribution in [0.15, 0.2) is 24.3 Å². The largest absolute Gasteiger partial charge is 0.319 e. The van der Waals surface area contributed by atoms with Crippen LogP contribution in [0.4, 0.5) is 0 Å². The van der Waals surface area contributed by atoms with Crippen molar-refractivity contribution in [1.82, 2.24) is 10.2 Å². The maximum absolute atomic E-state index is 12.6. The summed E-state index contributed by atoms with van der Waals surface area (Å²) < 4.78 is 0. The first kappa shape index (κ1) is 14.6. The average Bonchev–Trinajstić information content (AvgIpc) is 2.73. The molecule has 2 aliphatic rings. The summed E-state index contributed by atoms with van der Waals surface area (Å²) in [6.45, 7) is 6.36. The highest BCUT2D eigenvalue weighted by molar-refractivity contribution is 5.84. The van der Waals surface area contributed by atoms with Crippen molar-refractivity contribution in [1.29, 1.82) is 0 Å². The van der Waals surface area contributed by atoms with Gasteiger partial charge in [-0.05, 0) is 50.2 Å². The Bertz CT molecular complexity index is 506. The Morgan fingerprint density at radius 1 is 1.29 bits per heavy atom. The third-order valence-electron chi connectivity index (χ3n) is 5.29. The number of benzene rings is 1. The maximum Gasteiger partial charge on any atom is 0.241 e. The van der Waals surface area contributed by atoms with E-state index in [-0.39, 0.29) is 18.1 Å². The summed E-state index contributed by atoms with van der Waals surface area (Å²) in [5, 5.41) is 3.47. The Morgan fingerprint density at radius 2 is 1.95 bits per heavy atom. The second-order valence-electron chi connectivity index (χ2n) is 6.56. The van der Waals surface area contributed by atoms with E-state index >= 15 is 0 Å². The molecule has 1 amide bonds. The monoisotopic (exact) mass is 286 g/mol. The molecule has 1 saturated carbocycles. The van der Waals surface area contributed by atoms with Crippen molar-refractivity contribution in [2.75, 3.05) is 0 Å². The molecule has 3 heteroatoms. The highest BCUT2D eigenvalue weighted by atomic mass is 16.2. The van der Waals surface area contributed by atoms with Crippen LogP contribution < -0.4 is 5.32 Å². The van der Waals surface area contributed by atoms with E-state index in [2.05, 4.69) is 48.3 Å². The molecule has 1 aromatic rings. The number of amides is 1. The van der Waals surface area contributed by atoms with Crippen LogP contribution in [0.5, 0.6) is 0 Å². The minimum Gasteiger partial charge on any atom is -0.319 e. The molecule has 3 atom stereocenters. The number of carbonyl (C=O) groups excluding carboxylic acids is 1. The lowest BCUT2D eigenvalue weighted by Crippen LogP contribution is -2.44. The second-order valence-corrected chi connectivity index (χ2v) is 6.56. The van der Waals surface area contributed by atoms with Gasteiger partial charge in [0, 0.05) is 6.04 Å². The number of aryl methyl sites for hydroxylation is 1. The van der Waals surface area contributed by atoms with E-state index in [1.807, 2.05) is 6.92 Å². The fourth-order valence-corrected chi connectivity index (χ4v) is 3.52. The fraction of sp³-hybridized carbons (Fsp3) is 0.611. The summed E-state index contributed by atoms with van der Waals surface area (Å²) in [6.07, 6.45) is 4.93. The standard InChI is InChI=1S/C18H26N2O/c1-4-14-8-10-16(11-9-14)17-19-12(2)18(21)20(17)13(3)15-6-5-7-15/h8-13,15,17,19H,4-7H2,1-3H3. The van der Waals surface area contributed by atoms with Crippen LogP contribution in [0.25, 0.3) is 0 Å². The van der Waals surface area contributed by atoms with Gasteiger partial charge in [-0.25, -0.2) is 0 Å². The lowest BCUT2D eigenvalue weighted by atomic mass is 9.79. The predicted octanol–water partition coefficient (Wildman–Crippen LogP) is 3.26. The van der Waals surface area contributed by atoms with Crippen LogP contribution in [0.3, 0.4) is 0 Å². The number of nitrogens with zero attached hydrogens (tertiary/aromatic N) is 1. The molecule has 3 rings (SSSR count). The maximum atomic E-state index is 12.6. The first-order valence-electron chi connectivity index (χ1n) is 8.29. The molecule has 1 heterocycles. The van der Waals surface area contributed by atoms with Crippen LogP contribution >= 0.6 is 0 Å². The Kier molecular flexibility index (Phi) is 4.03. The van der Waals surface area contributed by atoms with Gasteiger partial charge in [0.1, 0.15) is 6.17 Å². The minimum absolute atomic E-state index is 0.0361. The molecule has 0 spiro atoms. The molecule has 1 aliphatic heterocycles. The van der Waals surface area contributed by atoms with E-state index in [4.69, 9.17) is 0 Å². The summed E-state index contributed by atoms with van der Waals surface area (Å²) in [5.74, 6) is 0.928. The average molecular weight is 286 g/mol. The normalized spacial score (nSPS) is 27.8. The van der Waals surface area contributed by atoms with E-state index in [0.717, 1.165) is 6.42 Å². The Balaban J connectivity index is 1.85. The van der Waals surface area contributed by atoms with Crippen molar-refractivity contribution in [3.05, 3.63) is 35.4 Å². The molecule has 0 aromatic heterocycles. The van der Waals surface area contributed by atoms with E-state index in [0.29, 0.717) is 12.0 Å². The third kappa shape index (κ3) is 2.59. The Hall–Kier alpha value is -1.35. The molecular formula is C18H26N2O. The van der Waals surface area contributed by atoms with Crippen LogP contribution in [-0.2, 0) is 11.2 Å². The summed E-state index contributed by atoms with van der Waals surface area (Å²) in [5.41, 5.74) is 2.55. The highest BCUT2D eigenvalue weighted by Crippen LogP contribution is 2.37. The van der Waals surface area contributed by atoms with Gasteiger partial charge in [0.25, 0.3) is 0 Å². The molecule has 3 nitrogen and oxygen atoms in total. The molecule has 21 heavy (non-hydrogen) atoms. The smallest absolute Gasteiger partial charge is 0.241 e. The Morgan fingerprint density at radius 3 is 2.48 bits per heavy atom. The molecule has 0 radical (unpaired) electrons. The predicted molar refractivity (Wildman–Crippen MR) is 84.8 cm³/mol. The van der Waals surface area contributed by atoms with Gasteiger partial charge in [0.05, 0.1) is 6.04 Å². The summed E-state index contributed by atoms with van der Waals surface area (Å²) >= 11 is 0. The van der Waals surface area contributed by atoms with Crippen molar-refractivity contribution in [2.24, 2.45) is 5.92 Å². The first-order chi connectivity index (χ1) is 10.1. The first-order valence-corrected chi connectivity index (χ1v) is 8.29. The van der Waals surface area contributed by atoms with Crippen molar-refractivity contribution < 1.29 is 4.79 Å². The number of carbonyl (C=O) groups is 1. The molecule has 2 fully saturated rings. The van der Waals surface area contributed by atoms with Gasteiger partial charge in [0.15, 0.2) is 0 Å². The van der Waals surface area contributed by atoms with Gasteiger partial charge in [0.2, 0.25) is 5.91 Å². The molecule has 1 aliphatic carbocycles. The van der Waals surface area contributed by atoms with Crippen molar-refractivity contribution >= 4 is 5.91 Å². The zero-order valence-electron chi connectivity index (χ0n) is 13.3. The molecule has 0 bridgehead atoms. The summed E-state index contributed by atoms with van der Waals surface area (Å²) in [7, 11) is 0. The van der Waals surface area contributed by atoms with Crippen LogP contribution in [-0.4, -0.2) is 22.9 Å². The molecule has 1 aromatic carbocycles. The van der Waals surface area contributed by atoms with Gasteiger partial charge in [-0.15, -0.1) is 0 Å². The molecule has 1 N–H and O–H groups in total. The third-order valence-corrected chi connectivity index (χ3v) is 5.29. The summed E-state index contributed by atoms with van der Waals surface area (Å²) in [6, 6.07) is 8.95. The topological polar surface area (TPSA) is 32.3 Å². The number of hydrogen-bond donors (Lipinski definition) is 1. The van der Waals surface area contributed by atoms with E-state index < -0.39 is 0 Å². The van der Waals surface area contributed by atoms with Crippen LogP contribution in [0.1, 0.15) is 57.3 Å². The van der Waals surface area contributed by atoms with Gasteiger partial charge in [-0.1, -0.05) is 37.6 Å². The molecule has 114 valence electrons. The lowest BCUT2D eigenvalue weighted by Gasteiger charge is -2.40. The fourth-order valence-electron chi connectivity index (χ4n) is 3.52. The van der Waals surface area contributed by atoms with E-state index in [1.165, 1.54) is 30.4 Å². The SMILES string of the molecule is CCc1ccc(C2NC(C)C(=O)N2C(C)C2CCC2)cc1. The minimum atomic E-state index is -0.0802. The zero-order chi connectivity index (χ0) is 15.0. The van der Waals surface area contributed by atoms with Gasteiger partial charge in [-0.2, -0.15) is 0 Å². The van der Waals surface area contributed by atoms with E-state index in [9.17, 15) is 4.79 Å². The van der Waals surface area contributed by atoms with E-state index in [1.54, 1.807) is 0 Å². The van der Waals surface area contributed by atoms with Gasteiger partial charge >= 0.3 is 0 Å². The van der Waals surface area contributed by atoms with Gasteiger partial charge in [-0.3, -0.25) is 10.1 Å². The van der Waals surface area contributed by atoms with Gasteiger partial charge < -0.3 is 4.90 Å². The number of hydrogen-bond acceptors (Lipinski definition) is 2. The summed E-state index contributed by atoms with van der Waals surface area (Å²) in [4.78, 5) is 14.7. The molecule has 3 unspecified atom stereocenters. The molecular weight excluding hydrogens is 260 g/mol. The van der Waals surface area contributed by atoms with Crippen molar-refractivity contribution in [3.8, 4) is 0 Å². The molecule has 1 saturated heterocycles. The number of nitrogens with one attached hydrogen (secondary N) is 1. The van der Waals surface area contributed by atoms with Crippen LogP contribution in [0, 0.1) is 5.92 Å². The Labute approximate surface area is 127 Å². The van der Waals surface area contributed by atoms with Crippen molar-refractivity contribution in [3.63, 3.8) is 0 Å². The highest BCUT2D eigenvalue weighted by Gasteiger charge is 2.42. The second kappa shape index (κ2) is 5.80. The quantitative estimate of drug-likeness (QED) is 0.921. The van der Waals surface area contributed by atoms with Crippen LogP contribution in [0.2, 0.25) is 0 Å². The lowest BCUT2D eigenvalue weighted by molar-refractivity contribution is -0.133. The number of rotatable bonds is 4. The van der Waals surface area contributed by atoms with Crippen molar-refractivity contribution in [2.45, 2.75) is 64.7 Å². The zero-order valence-corrected chi connectivity index (χ0v) is 13.3.